The third-order valence-electron chi connectivity index (χ3n) is 2.24. The van der Waals surface area contributed by atoms with Gasteiger partial charge < -0.3 is 20.7 Å². The summed E-state index contributed by atoms with van der Waals surface area (Å²) in [7, 11) is 1.37. The minimum Gasteiger partial charge on any atom is -0.508 e. The maximum atomic E-state index is 13.1. The van der Waals surface area contributed by atoms with E-state index in [-0.39, 0.29) is 23.7 Å². The van der Waals surface area contributed by atoms with Crippen LogP contribution in [0.5, 0.6) is 11.5 Å². The monoisotopic (exact) mass is 269 g/mol. The zero-order chi connectivity index (χ0) is 12.3. The molecule has 98 valence electrons. The van der Waals surface area contributed by atoms with Crippen LogP contribution >= 0.6 is 12.4 Å². The highest BCUT2D eigenvalue weighted by atomic mass is 35.5. The quantitative estimate of drug-likeness (QED) is 0.773. The van der Waals surface area contributed by atoms with Gasteiger partial charge in [0.1, 0.15) is 24.1 Å². The molecule has 0 saturated heterocycles. The first-order valence-corrected chi connectivity index (χ1v) is 4.53. The number of ether oxygens (including phenoxy) is 1. The van der Waals surface area contributed by atoms with Gasteiger partial charge in [0, 0.05) is 5.56 Å². The number of nitrogens with two attached hydrogens (primary N) is 1. The van der Waals surface area contributed by atoms with Crippen LogP contribution in [0.2, 0.25) is 0 Å². The Morgan fingerprint density at radius 2 is 2.06 bits per heavy atom. The van der Waals surface area contributed by atoms with Crippen molar-refractivity contribution in [2.75, 3.05) is 13.7 Å². The summed E-state index contributed by atoms with van der Waals surface area (Å²) >= 11 is 0. The topological polar surface area (TPSA) is 75.7 Å². The molecule has 7 heteroatoms. The summed E-state index contributed by atoms with van der Waals surface area (Å²) in [6.45, 7) is -1.38. The number of aromatic hydroxyl groups is 1. The molecule has 0 heterocycles. The number of rotatable bonds is 4. The third kappa shape index (κ3) is 3.42. The Hall–Kier alpha value is -1.11. The van der Waals surface area contributed by atoms with Gasteiger partial charge in [0.15, 0.2) is 0 Å². The molecule has 1 aromatic carbocycles. The van der Waals surface area contributed by atoms with Crippen LogP contribution in [-0.2, 0) is 0 Å². The van der Waals surface area contributed by atoms with Crippen molar-refractivity contribution in [1.29, 1.82) is 0 Å². The molecule has 4 N–H and O–H groups in total. The van der Waals surface area contributed by atoms with Crippen LogP contribution in [0.3, 0.4) is 0 Å². The number of aliphatic hydroxyl groups excluding tert-OH is 1. The van der Waals surface area contributed by atoms with Crippen molar-refractivity contribution in [3.8, 4) is 11.5 Å². The standard InChI is InChI=1S/C10H13F2NO3.ClH/c1-16-6-2-3-8(15)7(4-6)9(13)10(11,12)5-14;/h2-4,9,14-15H,5,13H2,1H3;1H/t9-;/m0./s1. The maximum Gasteiger partial charge on any atom is 0.289 e. The maximum absolute atomic E-state index is 13.1. The molecule has 1 aromatic rings. The number of hydrogen-bond acceptors (Lipinski definition) is 4. The third-order valence-corrected chi connectivity index (χ3v) is 2.24. The van der Waals surface area contributed by atoms with E-state index in [1.165, 1.54) is 25.3 Å². The molecule has 0 unspecified atom stereocenters. The fourth-order valence-electron chi connectivity index (χ4n) is 1.23. The van der Waals surface area contributed by atoms with E-state index in [4.69, 9.17) is 15.6 Å². The Labute approximate surface area is 103 Å². The van der Waals surface area contributed by atoms with E-state index in [0.717, 1.165) is 0 Å². The Morgan fingerprint density at radius 3 is 2.53 bits per heavy atom. The minimum atomic E-state index is -3.50. The average molecular weight is 270 g/mol. The molecule has 0 aliphatic heterocycles. The van der Waals surface area contributed by atoms with E-state index in [9.17, 15) is 13.9 Å². The first-order valence-electron chi connectivity index (χ1n) is 4.53. The second-order valence-corrected chi connectivity index (χ2v) is 3.32. The first kappa shape index (κ1) is 15.9. The predicted octanol–water partition coefficient (Wildman–Crippen LogP) is 1.45. The SMILES string of the molecule is COc1ccc(O)c([C@H](N)C(F)(F)CO)c1.Cl. The minimum absolute atomic E-state index is 0. The number of hydrogen-bond donors (Lipinski definition) is 3. The van der Waals surface area contributed by atoms with Crippen molar-refractivity contribution in [1.82, 2.24) is 0 Å². The van der Waals surface area contributed by atoms with Crippen LogP contribution in [-0.4, -0.2) is 29.9 Å². The van der Waals surface area contributed by atoms with E-state index in [2.05, 4.69) is 0 Å². The second-order valence-electron chi connectivity index (χ2n) is 3.32. The zero-order valence-electron chi connectivity index (χ0n) is 9.06. The second kappa shape index (κ2) is 6.00. The van der Waals surface area contributed by atoms with Gasteiger partial charge in [0.25, 0.3) is 5.92 Å². The Bertz CT molecular complexity index is 377. The number of phenols is 1. The lowest BCUT2D eigenvalue weighted by Crippen LogP contribution is -2.36. The highest BCUT2D eigenvalue weighted by molar-refractivity contribution is 5.85. The molecule has 4 nitrogen and oxygen atoms in total. The Kier molecular flexibility index (Phi) is 5.60. The smallest absolute Gasteiger partial charge is 0.289 e. The molecule has 0 spiro atoms. The largest absolute Gasteiger partial charge is 0.508 e. The molecule has 1 rings (SSSR count). The first-order chi connectivity index (χ1) is 7.42. The lowest BCUT2D eigenvalue weighted by molar-refractivity contribution is -0.0716. The molecular weight excluding hydrogens is 256 g/mol. The van der Waals surface area contributed by atoms with Crippen molar-refractivity contribution in [3.63, 3.8) is 0 Å². The summed E-state index contributed by atoms with van der Waals surface area (Å²) in [5, 5.41) is 17.9. The highest BCUT2D eigenvalue weighted by Gasteiger charge is 2.38. The molecule has 0 bridgehead atoms. The van der Waals surface area contributed by atoms with E-state index in [0.29, 0.717) is 5.75 Å². The molecule has 1 atom stereocenters. The van der Waals surface area contributed by atoms with Crippen LogP contribution in [0.4, 0.5) is 8.78 Å². The Morgan fingerprint density at radius 1 is 1.47 bits per heavy atom. The van der Waals surface area contributed by atoms with Crippen molar-refractivity contribution < 1.29 is 23.7 Å². The van der Waals surface area contributed by atoms with Gasteiger partial charge in [-0.15, -0.1) is 12.4 Å². The number of phenolic OH excluding ortho intramolecular Hbond substituents is 1. The summed E-state index contributed by atoms with van der Waals surface area (Å²) in [5.41, 5.74) is 5.11. The van der Waals surface area contributed by atoms with Gasteiger partial charge in [-0.05, 0) is 18.2 Å². The van der Waals surface area contributed by atoms with E-state index >= 15 is 0 Å². The molecule has 17 heavy (non-hydrogen) atoms. The Balaban J connectivity index is 0.00000256. The average Bonchev–Trinajstić information content (AvgIpc) is 2.29. The van der Waals surface area contributed by atoms with E-state index in [1.54, 1.807) is 0 Å². The molecule has 0 saturated carbocycles. The summed E-state index contributed by atoms with van der Waals surface area (Å²) < 4.78 is 31.1. The number of benzene rings is 1. The van der Waals surface area contributed by atoms with Crippen molar-refractivity contribution in [3.05, 3.63) is 23.8 Å². The summed E-state index contributed by atoms with van der Waals surface area (Å²) in [6, 6.07) is 2.06. The summed E-state index contributed by atoms with van der Waals surface area (Å²) in [4.78, 5) is 0. The predicted molar refractivity (Wildman–Crippen MR) is 60.9 cm³/mol. The number of alkyl halides is 2. The molecule has 0 radical (unpaired) electrons. The van der Waals surface area contributed by atoms with E-state index < -0.39 is 18.6 Å². The lowest BCUT2D eigenvalue weighted by atomic mass is 10.0. The molecule has 0 amide bonds. The van der Waals surface area contributed by atoms with E-state index in [1.807, 2.05) is 0 Å². The lowest BCUT2D eigenvalue weighted by Gasteiger charge is -2.22. The number of methoxy groups -OCH3 is 1. The fraction of sp³-hybridized carbons (Fsp3) is 0.400. The highest BCUT2D eigenvalue weighted by Crippen LogP contribution is 2.35. The molecule has 0 fully saturated rings. The zero-order valence-corrected chi connectivity index (χ0v) is 9.88. The van der Waals surface area contributed by atoms with Crippen molar-refractivity contribution in [2.45, 2.75) is 12.0 Å². The molecule has 0 aliphatic carbocycles. The van der Waals surface area contributed by atoms with Gasteiger partial charge >= 0.3 is 0 Å². The van der Waals surface area contributed by atoms with Crippen LogP contribution in [0.25, 0.3) is 0 Å². The van der Waals surface area contributed by atoms with Gasteiger partial charge in [0.2, 0.25) is 0 Å². The number of aliphatic hydroxyl groups is 1. The van der Waals surface area contributed by atoms with Crippen LogP contribution in [0, 0.1) is 0 Å². The molecule has 0 aliphatic rings. The van der Waals surface area contributed by atoms with Crippen LogP contribution in [0.15, 0.2) is 18.2 Å². The van der Waals surface area contributed by atoms with Gasteiger partial charge in [-0.2, -0.15) is 0 Å². The normalized spacial score (nSPS) is 12.8. The molecule has 0 aromatic heterocycles. The summed E-state index contributed by atoms with van der Waals surface area (Å²) in [6.07, 6.45) is 0. The van der Waals surface area contributed by atoms with Crippen LogP contribution < -0.4 is 10.5 Å². The van der Waals surface area contributed by atoms with Crippen molar-refractivity contribution >= 4 is 12.4 Å². The number of halogens is 3. The fourth-order valence-corrected chi connectivity index (χ4v) is 1.23. The summed E-state index contributed by atoms with van der Waals surface area (Å²) in [5.74, 6) is -3.55. The van der Waals surface area contributed by atoms with Crippen molar-refractivity contribution in [2.24, 2.45) is 5.73 Å². The molecular formula is C10H14ClF2NO3. The van der Waals surface area contributed by atoms with Gasteiger partial charge in [-0.25, -0.2) is 8.78 Å². The van der Waals surface area contributed by atoms with Gasteiger partial charge in [-0.3, -0.25) is 0 Å². The van der Waals surface area contributed by atoms with Gasteiger partial charge in [-0.1, -0.05) is 0 Å². The van der Waals surface area contributed by atoms with Crippen LogP contribution in [0.1, 0.15) is 11.6 Å². The van der Waals surface area contributed by atoms with Gasteiger partial charge in [0.05, 0.1) is 7.11 Å².